The second kappa shape index (κ2) is 11.7. The van der Waals surface area contributed by atoms with Crippen LogP contribution in [0, 0.1) is 5.82 Å². The van der Waals surface area contributed by atoms with Crippen LogP contribution in [0.25, 0.3) is 33.6 Å². The number of benzene rings is 2. The molecule has 4 aromatic rings. The van der Waals surface area contributed by atoms with E-state index < -0.39 is 47.6 Å². The lowest BCUT2D eigenvalue weighted by Crippen LogP contribution is -2.42. The summed E-state index contributed by atoms with van der Waals surface area (Å²) in [5.41, 5.74) is -0.516. The van der Waals surface area contributed by atoms with Crippen LogP contribution in [-0.4, -0.2) is 55.1 Å². The number of ether oxygens (including phenoxy) is 1. The molecule has 0 atom stereocenters. The third kappa shape index (κ3) is 6.58. The van der Waals surface area contributed by atoms with Gasteiger partial charge in [0.05, 0.1) is 30.2 Å². The molecule has 0 aliphatic carbocycles. The fourth-order valence-corrected chi connectivity index (χ4v) is 4.29. The Hall–Kier alpha value is -4.75. The maximum Gasteiger partial charge on any atom is 0.455 e. The van der Waals surface area contributed by atoms with Gasteiger partial charge in [-0.1, -0.05) is 6.07 Å². The minimum atomic E-state index is -5.85. The molecule has 0 fully saturated rings. The van der Waals surface area contributed by atoms with Crippen LogP contribution in [0.15, 0.2) is 52.9 Å². The van der Waals surface area contributed by atoms with Gasteiger partial charge in [0.25, 0.3) is 11.8 Å². The normalized spacial score (nSPS) is 12.2. The van der Waals surface area contributed by atoms with Crippen molar-refractivity contribution < 1.29 is 45.1 Å². The van der Waals surface area contributed by atoms with Crippen LogP contribution < -0.4 is 20.7 Å². The highest BCUT2D eigenvalue weighted by molar-refractivity contribution is 6.11. The summed E-state index contributed by atoms with van der Waals surface area (Å²) < 4.78 is 91.7. The lowest BCUT2D eigenvalue weighted by atomic mass is 9.99. The molecule has 0 unspecified atom stereocenters. The summed E-state index contributed by atoms with van der Waals surface area (Å²) in [5, 5.41) is 7.39. The summed E-state index contributed by atoms with van der Waals surface area (Å²) in [7, 11) is 2.68. The van der Waals surface area contributed by atoms with E-state index in [2.05, 4.69) is 20.9 Å². The quantitative estimate of drug-likeness (QED) is 0.187. The van der Waals surface area contributed by atoms with Gasteiger partial charge in [-0.05, 0) is 68.8 Å². The summed E-state index contributed by atoms with van der Waals surface area (Å²) in [6.07, 6.45) is -5.85. The number of halogens is 6. The van der Waals surface area contributed by atoms with Gasteiger partial charge in [-0.2, -0.15) is 26.9 Å². The van der Waals surface area contributed by atoms with E-state index in [1.54, 1.807) is 20.8 Å². The van der Waals surface area contributed by atoms with Gasteiger partial charge in [0, 0.05) is 23.7 Å². The zero-order chi connectivity index (χ0) is 32.6. The molecule has 8 nitrogen and oxygen atoms in total. The number of carbonyl (C=O) groups excluding carboxylic acids is 2. The van der Waals surface area contributed by atoms with E-state index in [0.717, 1.165) is 12.1 Å². The SMILES string of the molecule is CNC(=O)c1c(-c2ccc(F)cc2)oc2nc(NCC(F)(F)C(F)(F)F)c(-c3ccc(OC)c(C(=O)NC(C)(C)C)c3)cc12. The largest absolute Gasteiger partial charge is 0.496 e. The number of nitrogens with one attached hydrogen (secondary N) is 3. The molecule has 0 aliphatic heterocycles. The topological polar surface area (TPSA) is 105 Å². The van der Waals surface area contributed by atoms with Crippen LogP contribution in [0.4, 0.5) is 32.2 Å². The summed E-state index contributed by atoms with van der Waals surface area (Å²) >= 11 is 0. The van der Waals surface area contributed by atoms with Crippen LogP contribution in [0.3, 0.4) is 0 Å². The number of fused-ring (bicyclic) bond motifs is 1. The number of alkyl halides is 5. The van der Waals surface area contributed by atoms with E-state index in [1.807, 2.05) is 0 Å². The van der Waals surface area contributed by atoms with Crippen molar-refractivity contribution in [2.75, 3.05) is 26.0 Å². The number of carbonyl (C=O) groups is 2. The lowest BCUT2D eigenvalue weighted by Gasteiger charge is -2.22. The highest BCUT2D eigenvalue weighted by atomic mass is 19.4. The predicted octanol–water partition coefficient (Wildman–Crippen LogP) is 6.81. The number of methoxy groups -OCH3 is 1. The van der Waals surface area contributed by atoms with Gasteiger partial charge in [0.2, 0.25) is 5.71 Å². The Balaban J connectivity index is 1.98. The van der Waals surface area contributed by atoms with E-state index in [-0.39, 0.29) is 50.4 Å². The number of furan rings is 1. The first-order chi connectivity index (χ1) is 20.5. The van der Waals surface area contributed by atoms with Crippen molar-refractivity contribution in [1.29, 1.82) is 0 Å². The molecule has 0 spiro atoms. The minimum absolute atomic E-state index is 0.0282. The van der Waals surface area contributed by atoms with Crippen LogP contribution in [0.5, 0.6) is 5.75 Å². The third-order valence-electron chi connectivity index (χ3n) is 6.38. The Morgan fingerprint density at radius 2 is 1.57 bits per heavy atom. The van der Waals surface area contributed by atoms with Crippen LogP contribution >= 0.6 is 0 Å². The Morgan fingerprint density at radius 3 is 2.14 bits per heavy atom. The predicted molar refractivity (Wildman–Crippen MR) is 151 cm³/mol. The van der Waals surface area contributed by atoms with E-state index in [1.165, 1.54) is 50.6 Å². The number of rotatable bonds is 8. The van der Waals surface area contributed by atoms with Crippen molar-refractivity contribution in [1.82, 2.24) is 15.6 Å². The molecule has 0 saturated carbocycles. The minimum Gasteiger partial charge on any atom is -0.496 e. The van der Waals surface area contributed by atoms with Crippen LogP contribution in [-0.2, 0) is 0 Å². The maximum atomic E-state index is 14.0. The van der Waals surface area contributed by atoms with Crippen molar-refractivity contribution in [3.05, 3.63) is 65.5 Å². The smallest absolute Gasteiger partial charge is 0.455 e. The molecule has 2 amide bonds. The Kier molecular flexibility index (Phi) is 8.58. The van der Waals surface area contributed by atoms with Gasteiger partial charge in [0.1, 0.15) is 23.1 Å². The molecule has 2 aromatic heterocycles. The number of hydrogen-bond donors (Lipinski definition) is 3. The molecular weight excluding hydrogens is 594 g/mol. The third-order valence-corrected chi connectivity index (χ3v) is 6.38. The van der Waals surface area contributed by atoms with Gasteiger partial charge in [0.15, 0.2) is 0 Å². The number of hydrogen-bond acceptors (Lipinski definition) is 6. The number of amides is 2. The van der Waals surface area contributed by atoms with Crippen molar-refractivity contribution in [3.8, 4) is 28.2 Å². The second-order valence-corrected chi connectivity index (χ2v) is 10.8. The molecule has 2 aromatic carbocycles. The molecule has 0 radical (unpaired) electrons. The number of nitrogens with zero attached hydrogens (tertiary/aromatic N) is 1. The van der Waals surface area contributed by atoms with Crippen molar-refractivity contribution in [2.45, 2.75) is 38.4 Å². The van der Waals surface area contributed by atoms with E-state index in [9.17, 15) is 35.9 Å². The molecule has 3 N–H and O–H groups in total. The average Bonchev–Trinajstić information content (AvgIpc) is 3.32. The van der Waals surface area contributed by atoms with Crippen LogP contribution in [0.1, 0.15) is 41.5 Å². The number of pyridine rings is 1. The fourth-order valence-electron chi connectivity index (χ4n) is 4.29. The molecule has 2 heterocycles. The molecule has 0 saturated heterocycles. The van der Waals surface area contributed by atoms with Crippen molar-refractivity contribution in [3.63, 3.8) is 0 Å². The molecular formula is C30H28F6N4O4. The molecule has 4 rings (SSSR count). The Morgan fingerprint density at radius 1 is 0.932 bits per heavy atom. The fraction of sp³-hybridized carbons (Fsp3) is 0.300. The molecule has 44 heavy (non-hydrogen) atoms. The molecule has 234 valence electrons. The number of aromatic nitrogens is 1. The maximum absolute atomic E-state index is 14.0. The summed E-state index contributed by atoms with van der Waals surface area (Å²) in [4.78, 5) is 30.3. The highest BCUT2D eigenvalue weighted by Crippen LogP contribution is 2.40. The molecule has 0 bridgehead atoms. The monoisotopic (exact) mass is 622 g/mol. The van der Waals surface area contributed by atoms with E-state index >= 15 is 0 Å². The zero-order valence-corrected chi connectivity index (χ0v) is 24.2. The van der Waals surface area contributed by atoms with E-state index in [4.69, 9.17) is 9.15 Å². The average molecular weight is 623 g/mol. The molecule has 0 aliphatic rings. The Bertz CT molecular complexity index is 1710. The first-order valence-electron chi connectivity index (χ1n) is 13.1. The highest BCUT2D eigenvalue weighted by Gasteiger charge is 2.57. The van der Waals surface area contributed by atoms with Gasteiger partial charge < -0.3 is 25.1 Å². The van der Waals surface area contributed by atoms with Gasteiger partial charge >= 0.3 is 12.1 Å². The zero-order valence-electron chi connectivity index (χ0n) is 24.2. The Labute approximate surface area is 247 Å². The van der Waals surface area contributed by atoms with E-state index in [0.29, 0.717) is 0 Å². The van der Waals surface area contributed by atoms with Crippen LogP contribution in [0.2, 0.25) is 0 Å². The summed E-state index contributed by atoms with van der Waals surface area (Å²) in [5.74, 6) is -7.21. The van der Waals surface area contributed by atoms with Crippen molar-refractivity contribution in [2.24, 2.45) is 0 Å². The number of anilines is 1. The van der Waals surface area contributed by atoms with Gasteiger partial charge in [-0.25, -0.2) is 4.39 Å². The summed E-state index contributed by atoms with van der Waals surface area (Å²) in [6, 6.07) is 10.5. The first-order valence-corrected chi connectivity index (χ1v) is 13.1. The second-order valence-electron chi connectivity index (χ2n) is 10.8. The first kappa shape index (κ1) is 32.2. The van der Waals surface area contributed by atoms with Crippen molar-refractivity contribution >= 4 is 28.7 Å². The van der Waals surface area contributed by atoms with Gasteiger partial charge in [-0.3, -0.25) is 9.59 Å². The molecule has 14 heteroatoms. The van der Waals surface area contributed by atoms with Gasteiger partial charge in [-0.15, -0.1) is 0 Å². The lowest BCUT2D eigenvalue weighted by molar-refractivity contribution is -0.275. The summed E-state index contributed by atoms with van der Waals surface area (Å²) in [6.45, 7) is 3.38. The standard InChI is InChI=1S/C30H28F6N4O4/c1-28(2,3)40-25(41)19-12-16(8-11-21(19)43-5)18-13-20-22(26(42)37-4)23(15-6-9-17(31)10-7-15)44-27(20)39-24(18)38-14-29(32,33)30(34,35)36/h6-13H,14H2,1-5H3,(H,37,42)(H,38,39)(H,40,41).